The van der Waals surface area contributed by atoms with E-state index in [1.54, 1.807) is 36.7 Å². The maximum Gasteiger partial charge on any atom is 0.255 e. The molecule has 5 heteroatoms. The van der Waals surface area contributed by atoms with E-state index < -0.39 is 0 Å². The van der Waals surface area contributed by atoms with Crippen LogP contribution in [0.15, 0.2) is 73.1 Å². The second kappa shape index (κ2) is 8.69. The van der Waals surface area contributed by atoms with Gasteiger partial charge in [0.2, 0.25) is 0 Å². The van der Waals surface area contributed by atoms with Gasteiger partial charge < -0.3 is 10.6 Å². The highest BCUT2D eigenvalue weighted by Gasteiger charge is 2.14. The second-order valence-corrected chi connectivity index (χ2v) is 7.90. The maximum atomic E-state index is 12.6. The molecule has 2 amide bonds. The number of carbonyl (C=O) groups is 2. The zero-order valence-electron chi connectivity index (χ0n) is 16.9. The first-order valence-corrected chi connectivity index (χ1v) is 9.52. The van der Waals surface area contributed by atoms with Crippen LogP contribution in [0, 0.1) is 0 Å². The third-order valence-corrected chi connectivity index (χ3v) is 4.60. The highest BCUT2D eigenvalue weighted by Crippen LogP contribution is 2.23. The molecule has 148 valence electrons. The van der Waals surface area contributed by atoms with Crippen molar-refractivity contribution in [2.45, 2.75) is 32.7 Å². The van der Waals surface area contributed by atoms with E-state index in [0.717, 1.165) is 11.3 Å². The Kier molecular flexibility index (Phi) is 6.07. The van der Waals surface area contributed by atoms with Gasteiger partial charge in [-0.25, -0.2) is 0 Å². The third-order valence-electron chi connectivity index (χ3n) is 4.60. The number of hydrogen-bond acceptors (Lipinski definition) is 3. The van der Waals surface area contributed by atoms with Crippen molar-refractivity contribution in [1.29, 1.82) is 0 Å². The van der Waals surface area contributed by atoms with E-state index in [-0.39, 0.29) is 17.2 Å². The van der Waals surface area contributed by atoms with E-state index in [9.17, 15) is 9.59 Å². The van der Waals surface area contributed by atoms with Gasteiger partial charge in [0, 0.05) is 35.8 Å². The normalized spacial score (nSPS) is 11.0. The monoisotopic (exact) mass is 387 g/mol. The third kappa shape index (κ3) is 5.51. The van der Waals surface area contributed by atoms with E-state index in [2.05, 4.69) is 36.4 Å². The Hall–Kier alpha value is -3.47. The number of amides is 2. The molecular formula is C24H25N3O2. The molecule has 29 heavy (non-hydrogen) atoms. The second-order valence-electron chi connectivity index (χ2n) is 7.90. The van der Waals surface area contributed by atoms with Crippen molar-refractivity contribution in [2.24, 2.45) is 0 Å². The van der Waals surface area contributed by atoms with Gasteiger partial charge >= 0.3 is 0 Å². The molecule has 0 aliphatic carbocycles. The summed E-state index contributed by atoms with van der Waals surface area (Å²) in [4.78, 5) is 29.0. The molecular weight excluding hydrogens is 362 g/mol. The lowest BCUT2D eigenvalue weighted by Crippen LogP contribution is -2.23. The van der Waals surface area contributed by atoms with Gasteiger partial charge in [-0.1, -0.05) is 39.0 Å². The summed E-state index contributed by atoms with van der Waals surface area (Å²) in [5.41, 5.74) is 3.80. The van der Waals surface area contributed by atoms with Crippen molar-refractivity contribution in [3.63, 3.8) is 0 Å². The number of hydrogen-bond donors (Lipinski definition) is 2. The Balaban J connectivity index is 1.65. The number of rotatable bonds is 5. The van der Waals surface area contributed by atoms with Crippen molar-refractivity contribution in [1.82, 2.24) is 10.3 Å². The van der Waals surface area contributed by atoms with Crippen molar-refractivity contribution >= 4 is 17.5 Å². The summed E-state index contributed by atoms with van der Waals surface area (Å²) in [6.45, 7) is 6.83. The number of benzene rings is 2. The molecule has 0 saturated heterocycles. The molecule has 2 N–H and O–H groups in total. The van der Waals surface area contributed by atoms with Crippen LogP contribution in [0.3, 0.4) is 0 Å². The van der Waals surface area contributed by atoms with Gasteiger partial charge in [-0.05, 0) is 59.0 Å². The molecule has 0 aliphatic rings. The Labute approximate surface area is 171 Å². The van der Waals surface area contributed by atoms with Crippen molar-refractivity contribution in [3.8, 4) is 0 Å². The summed E-state index contributed by atoms with van der Waals surface area (Å²) in [5.74, 6) is -0.483. The number of pyridine rings is 1. The highest BCUT2D eigenvalue weighted by atomic mass is 16.2. The molecule has 0 spiro atoms. The van der Waals surface area contributed by atoms with Crippen LogP contribution >= 0.6 is 0 Å². The van der Waals surface area contributed by atoms with Gasteiger partial charge in [0.05, 0.1) is 0 Å². The summed E-state index contributed by atoms with van der Waals surface area (Å²) < 4.78 is 0. The molecule has 0 fully saturated rings. The zero-order valence-corrected chi connectivity index (χ0v) is 16.9. The molecule has 0 unspecified atom stereocenters. The molecule has 3 aromatic rings. The average molecular weight is 387 g/mol. The van der Waals surface area contributed by atoms with Gasteiger partial charge in [0.25, 0.3) is 11.8 Å². The lowest BCUT2D eigenvalue weighted by molar-refractivity contribution is 0.0951. The van der Waals surface area contributed by atoms with Gasteiger partial charge in [-0.2, -0.15) is 0 Å². The van der Waals surface area contributed by atoms with E-state index in [1.807, 2.05) is 36.4 Å². The van der Waals surface area contributed by atoms with Crippen LogP contribution in [0.4, 0.5) is 5.69 Å². The van der Waals surface area contributed by atoms with Crippen LogP contribution in [0.2, 0.25) is 0 Å². The van der Waals surface area contributed by atoms with E-state index in [4.69, 9.17) is 0 Å². The number of aromatic nitrogens is 1. The summed E-state index contributed by atoms with van der Waals surface area (Å²) in [6, 6.07) is 18.2. The van der Waals surface area contributed by atoms with Crippen LogP contribution < -0.4 is 10.6 Å². The van der Waals surface area contributed by atoms with Crippen molar-refractivity contribution in [2.75, 3.05) is 5.32 Å². The number of nitrogens with zero attached hydrogens (tertiary/aromatic N) is 1. The summed E-state index contributed by atoms with van der Waals surface area (Å²) >= 11 is 0. The number of anilines is 1. The smallest absolute Gasteiger partial charge is 0.255 e. The summed E-state index contributed by atoms with van der Waals surface area (Å²) in [6.07, 6.45) is 3.36. The quantitative estimate of drug-likeness (QED) is 0.674. The summed E-state index contributed by atoms with van der Waals surface area (Å²) in [5, 5.41) is 5.74. The van der Waals surface area contributed by atoms with E-state index >= 15 is 0 Å². The van der Waals surface area contributed by atoms with E-state index in [1.165, 1.54) is 5.56 Å². The Bertz CT molecular complexity index is 991. The minimum absolute atomic E-state index is 0.0560. The first-order chi connectivity index (χ1) is 13.8. The minimum atomic E-state index is -0.253. The Morgan fingerprint density at radius 1 is 0.862 bits per heavy atom. The van der Waals surface area contributed by atoms with Crippen LogP contribution in [0.1, 0.15) is 52.6 Å². The Morgan fingerprint density at radius 2 is 1.48 bits per heavy atom. The number of carbonyl (C=O) groups excluding carboxylic acids is 2. The molecule has 1 heterocycles. The topological polar surface area (TPSA) is 71.1 Å². The molecule has 2 aromatic carbocycles. The lowest BCUT2D eigenvalue weighted by atomic mass is 9.87. The SMILES string of the molecule is CC(C)(C)c1ccc(NC(=O)c2cccc(C(=O)NCc3ccncc3)c2)cc1. The fraction of sp³-hybridized carbons (Fsp3) is 0.208. The van der Waals surface area contributed by atoms with Crippen molar-refractivity contribution < 1.29 is 9.59 Å². The predicted octanol–water partition coefficient (Wildman–Crippen LogP) is 4.56. The van der Waals surface area contributed by atoms with Crippen LogP contribution in [0.25, 0.3) is 0 Å². The van der Waals surface area contributed by atoms with Gasteiger partial charge in [-0.15, -0.1) is 0 Å². The van der Waals surface area contributed by atoms with Crippen LogP contribution in [-0.2, 0) is 12.0 Å². The van der Waals surface area contributed by atoms with E-state index in [0.29, 0.717) is 17.7 Å². The average Bonchev–Trinajstić information content (AvgIpc) is 2.72. The fourth-order valence-electron chi connectivity index (χ4n) is 2.84. The lowest BCUT2D eigenvalue weighted by Gasteiger charge is -2.19. The largest absolute Gasteiger partial charge is 0.348 e. The first-order valence-electron chi connectivity index (χ1n) is 9.52. The maximum absolute atomic E-state index is 12.6. The van der Waals surface area contributed by atoms with Crippen LogP contribution in [0.5, 0.6) is 0 Å². The molecule has 0 radical (unpaired) electrons. The van der Waals surface area contributed by atoms with Gasteiger partial charge in [0.1, 0.15) is 0 Å². The standard InChI is InChI=1S/C24H25N3O2/c1-24(2,3)20-7-9-21(10-8-20)27-23(29)19-6-4-5-18(15-19)22(28)26-16-17-11-13-25-14-12-17/h4-15H,16H2,1-3H3,(H,26,28)(H,27,29). The summed E-state index contributed by atoms with van der Waals surface area (Å²) in [7, 11) is 0. The van der Waals surface area contributed by atoms with Gasteiger partial charge in [0.15, 0.2) is 0 Å². The molecule has 1 aromatic heterocycles. The molecule has 0 bridgehead atoms. The molecule has 0 aliphatic heterocycles. The van der Waals surface area contributed by atoms with Crippen molar-refractivity contribution in [3.05, 3.63) is 95.3 Å². The highest BCUT2D eigenvalue weighted by molar-refractivity contribution is 6.06. The zero-order chi connectivity index (χ0) is 20.9. The number of nitrogens with one attached hydrogen (secondary N) is 2. The fourth-order valence-corrected chi connectivity index (χ4v) is 2.84. The molecule has 5 nitrogen and oxygen atoms in total. The van der Waals surface area contributed by atoms with Gasteiger partial charge in [-0.3, -0.25) is 14.6 Å². The predicted molar refractivity (Wildman–Crippen MR) is 115 cm³/mol. The van der Waals surface area contributed by atoms with Crippen LogP contribution in [-0.4, -0.2) is 16.8 Å². The molecule has 3 rings (SSSR count). The minimum Gasteiger partial charge on any atom is -0.348 e. The Morgan fingerprint density at radius 3 is 2.10 bits per heavy atom. The molecule has 0 atom stereocenters. The first kappa shape index (κ1) is 20.3. The molecule has 0 saturated carbocycles.